The predicted octanol–water partition coefficient (Wildman–Crippen LogP) is 0.252. The molecule has 0 amide bonds. The molecule has 1 aromatic rings. The third kappa shape index (κ3) is 3.11. The van der Waals surface area contributed by atoms with E-state index in [0.29, 0.717) is 11.5 Å². The molecule has 0 saturated heterocycles. The highest BCUT2D eigenvalue weighted by Gasteiger charge is 2.28. The van der Waals surface area contributed by atoms with Crippen LogP contribution in [0.1, 0.15) is 26.2 Å². The minimum atomic E-state index is -0.772. The lowest BCUT2D eigenvalue weighted by molar-refractivity contribution is -0.141. The van der Waals surface area contributed by atoms with E-state index in [2.05, 4.69) is 10.1 Å². The summed E-state index contributed by atoms with van der Waals surface area (Å²) in [6, 6.07) is -0.702. The van der Waals surface area contributed by atoms with Crippen molar-refractivity contribution >= 4 is 17.3 Å². The minimum Gasteiger partial charge on any atom is -0.467 e. The molecule has 0 aromatic heterocycles. The van der Waals surface area contributed by atoms with Gasteiger partial charge >= 0.3 is 5.97 Å². The maximum atomic E-state index is 11.6. The summed E-state index contributed by atoms with van der Waals surface area (Å²) in [4.78, 5) is 34.3. The normalized spacial score (nSPS) is 12.2. The number of nitrogens with zero attached hydrogens (tertiary/aromatic N) is 1. The average molecular weight is 270 g/mol. The smallest absolute Gasteiger partial charge is 0.328 e. The topological polar surface area (TPSA) is 95.9 Å². The molecule has 0 bridgehead atoms. The Balaban J connectivity index is 2.91. The number of ether oxygens (including phenoxy) is 1. The van der Waals surface area contributed by atoms with Crippen molar-refractivity contribution in [1.82, 2.24) is 0 Å². The Morgan fingerprint density at radius 3 is 2.53 bits per heavy atom. The fourth-order valence-electron chi connectivity index (χ4n) is 1.80. The van der Waals surface area contributed by atoms with Gasteiger partial charge in [-0.15, -0.1) is 0 Å². The van der Waals surface area contributed by atoms with Gasteiger partial charge in [-0.3, -0.25) is 19.9 Å². The van der Waals surface area contributed by atoms with Crippen molar-refractivity contribution in [2.24, 2.45) is 0 Å². The van der Waals surface area contributed by atoms with Crippen LogP contribution in [-0.4, -0.2) is 31.4 Å². The Morgan fingerprint density at radius 2 is 2.05 bits per heavy atom. The number of hydrogen-bond donors (Lipinski definition) is 2. The first-order valence-electron chi connectivity index (χ1n) is 6.04. The number of unbranched alkanes of at least 4 members (excludes halogenated alkanes) is 1. The molecular weight excluding hydrogens is 252 g/mol. The Labute approximate surface area is 110 Å². The van der Waals surface area contributed by atoms with Crippen LogP contribution < -0.4 is 21.2 Å². The molecule has 7 nitrogen and oxygen atoms in total. The van der Waals surface area contributed by atoms with Crippen LogP contribution in [0.4, 0.5) is 11.4 Å². The van der Waals surface area contributed by atoms with E-state index in [-0.39, 0.29) is 11.4 Å². The zero-order valence-corrected chi connectivity index (χ0v) is 11.2. The number of hydroxylamine groups is 1. The van der Waals surface area contributed by atoms with Gasteiger partial charge < -0.3 is 10.1 Å². The Bertz CT molecular complexity index is 516. The van der Waals surface area contributed by atoms with E-state index in [1.165, 1.54) is 14.2 Å². The second-order valence-corrected chi connectivity index (χ2v) is 4.27. The van der Waals surface area contributed by atoms with E-state index in [0.717, 1.165) is 12.8 Å². The summed E-state index contributed by atoms with van der Waals surface area (Å²) in [5.41, 5.74) is -1.68. The fraction of sp³-hybridized carbons (Fsp3) is 0.583. The fourth-order valence-corrected chi connectivity index (χ4v) is 1.80. The highest BCUT2D eigenvalue weighted by atomic mass is 16.5. The van der Waals surface area contributed by atoms with Crippen LogP contribution in [0.5, 0.6) is 0 Å². The zero-order valence-electron chi connectivity index (χ0n) is 11.2. The SMILES string of the molecule is CCCCC(Nc1c(N(C)O)c(=O)c1=O)C(=O)OC. The van der Waals surface area contributed by atoms with Crippen molar-refractivity contribution in [3.63, 3.8) is 0 Å². The van der Waals surface area contributed by atoms with Crippen LogP contribution in [-0.2, 0) is 9.53 Å². The van der Waals surface area contributed by atoms with Crippen molar-refractivity contribution in [1.29, 1.82) is 0 Å². The third-order valence-electron chi connectivity index (χ3n) is 2.86. The van der Waals surface area contributed by atoms with Gasteiger partial charge in [0.2, 0.25) is 0 Å². The Hall–Kier alpha value is -1.89. The quantitative estimate of drug-likeness (QED) is 0.416. The van der Waals surface area contributed by atoms with E-state index in [4.69, 9.17) is 0 Å². The molecule has 106 valence electrons. The van der Waals surface area contributed by atoms with Crippen LogP contribution in [0, 0.1) is 0 Å². The van der Waals surface area contributed by atoms with Crippen LogP contribution in [0.2, 0.25) is 0 Å². The third-order valence-corrected chi connectivity index (χ3v) is 2.86. The summed E-state index contributed by atoms with van der Waals surface area (Å²) >= 11 is 0. The number of nitrogens with one attached hydrogen (secondary N) is 1. The predicted molar refractivity (Wildman–Crippen MR) is 70.5 cm³/mol. The molecule has 7 heteroatoms. The molecule has 1 atom stereocenters. The molecule has 0 saturated carbocycles. The number of carbonyl (C=O) groups excluding carboxylic acids is 1. The van der Waals surface area contributed by atoms with E-state index in [1.807, 2.05) is 6.92 Å². The summed E-state index contributed by atoms with van der Waals surface area (Å²) in [5.74, 6) is -0.506. The van der Waals surface area contributed by atoms with Gasteiger partial charge in [0.05, 0.1) is 7.11 Å². The van der Waals surface area contributed by atoms with Gasteiger partial charge in [0.1, 0.15) is 17.4 Å². The average Bonchev–Trinajstić information content (AvgIpc) is 2.39. The van der Waals surface area contributed by atoms with Gasteiger partial charge in [0.25, 0.3) is 10.9 Å². The van der Waals surface area contributed by atoms with Crippen molar-refractivity contribution in [3.05, 3.63) is 20.4 Å². The van der Waals surface area contributed by atoms with Crippen molar-refractivity contribution in [2.75, 3.05) is 24.5 Å². The molecule has 0 aliphatic heterocycles. The molecule has 19 heavy (non-hydrogen) atoms. The van der Waals surface area contributed by atoms with Crippen molar-refractivity contribution < 1.29 is 14.7 Å². The monoisotopic (exact) mass is 270 g/mol. The summed E-state index contributed by atoms with van der Waals surface area (Å²) in [6.45, 7) is 1.97. The van der Waals surface area contributed by atoms with Crippen molar-refractivity contribution in [2.45, 2.75) is 32.2 Å². The number of anilines is 2. The lowest BCUT2D eigenvalue weighted by Gasteiger charge is -2.22. The van der Waals surface area contributed by atoms with Gasteiger partial charge in [-0.25, -0.2) is 4.79 Å². The molecule has 1 rings (SSSR count). The molecular formula is C12H18N2O5. The summed E-state index contributed by atoms with van der Waals surface area (Å²) < 4.78 is 4.64. The largest absolute Gasteiger partial charge is 0.467 e. The highest BCUT2D eigenvalue weighted by molar-refractivity contribution is 5.83. The first-order chi connectivity index (χ1) is 8.93. The maximum absolute atomic E-state index is 11.6. The molecule has 2 N–H and O–H groups in total. The van der Waals surface area contributed by atoms with Gasteiger partial charge in [-0.1, -0.05) is 19.8 Å². The molecule has 0 fully saturated rings. The van der Waals surface area contributed by atoms with Crippen LogP contribution in [0.25, 0.3) is 0 Å². The van der Waals surface area contributed by atoms with Gasteiger partial charge in [-0.2, -0.15) is 0 Å². The second kappa shape index (κ2) is 6.33. The molecule has 1 aromatic carbocycles. The number of hydrogen-bond acceptors (Lipinski definition) is 7. The van der Waals surface area contributed by atoms with Crippen LogP contribution in [0.15, 0.2) is 9.59 Å². The maximum Gasteiger partial charge on any atom is 0.328 e. The highest BCUT2D eigenvalue weighted by Crippen LogP contribution is 2.19. The first kappa shape index (κ1) is 15.2. The molecule has 0 aliphatic rings. The Morgan fingerprint density at radius 1 is 1.42 bits per heavy atom. The van der Waals surface area contributed by atoms with E-state index in [1.54, 1.807) is 0 Å². The summed E-state index contributed by atoms with van der Waals surface area (Å²) in [7, 11) is 2.49. The van der Waals surface area contributed by atoms with Crippen molar-refractivity contribution in [3.8, 4) is 0 Å². The van der Waals surface area contributed by atoms with E-state index < -0.39 is 22.9 Å². The van der Waals surface area contributed by atoms with Gasteiger partial charge in [0.15, 0.2) is 0 Å². The van der Waals surface area contributed by atoms with Gasteiger partial charge in [-0.05, 0) is 6.42 Å². The standard InChI is InChI=1S/C12H18N2O5/c1-4-5-6-7(12(17)19-3)13-8-9(14(2)18)11(16)10(8)15/h7,13,18H,4-6H2,1-3H3. The van der Waals surface area contributed by atoms with Crippen LogP contribution in [0.3, 0.4) is 0 Å². The lowest BCUT2D eigenvalue weighted by atomic mass is 10.1. The number of carbonyl (C=O) groups is 1. The number of esters is 1. The second-order valence-electron chi connectivity index (χ2n) is 4.27. The number of rotatable bonds is 7. The zero-order chi connectivity index (χ0) is 14.6. The number of methoxy groups -OCH3 is 1. The molecule has 0 heterocycles. The Kier molecular flexibility index (Phi) is 5.05. The van der Waals surface area contributed by atoms with Crippen LogP contribution >= 0.6 is 0 Å². The molecule has 0 aliphatic carbocycles. The summed E-state index contributed by atoms with van der Waals surface area (Å²) in [6.07, 6.45) is 2.14. The van der Waals surface area contributed by atoms with E-state index in [9.17, 15) is 19.6 Å². The molecule has 1 unspecified atom stereocenters. The first-order valence-corrected chi connectivity index (χ1v) is 6.04. The minimum absolute atomic E-state index is 0.0403. The molecule has 0 spiro atoms. The van der Waals surface area contributed by atoms with E-state index >= 15 is 0 Å². The summed E-state index contributed by atoms with van der Waals surface area (Å²) in [5, 5.41) is 12.5. The molecule has 0 radical (unpaired) electrons. The van der Waals surface area contributed by atoms with Gasteiger partial charge in [0, 0.05) is 7.05 Å². The lowest BCUT2D eigenvalue weighted by Crippen LogP contribution is -2.43.